The number of halogens is 2. The Hall–Kier alpha value is -1.97. The van der Waals surface area contributed by atoms with Crippen molar-refractivity contribution >= 4 is 22.5 Å². The lowest BCUT2D eigenvalue weighted by molar-refractivity contribution is 0.179. The molecule has 4 heteroatoms. The summed E-state index contributed by atoms with van der Waals surface area (Å²) in [6, 6.07) is 14.0. The molecular weight excluding hydrogens is 289 g/mol. The molecular formula is C17H13ClFNO. The highest BCUT2D eigenvalue weighted by Crippen LogP contribution is 2.28. The molecule has 106 valence electrons. The monoisotopic (exact) mass is 301 g/mol. The molecule has 1 N–H and O–H groups in total. The van der Waals surface area contributed by atoms with Crippen molar-refractivity contribution in [3.8, 4) is 0 Å². The zero-order valence-corrected chi connectivity index (χ0v) is 11.9. The van der Waals surface area contributed by atoms with E-state index in [2.05, 4.69) is 4.98 Å². The number of nitrogens with zero attached hydrogens (tertiary/aromatic N) is 1. The summed E-state index contributed by atoms with van der Waals surface area (Å²) in [5.74, 6) is -0.475. The average Bonchev–Trinajstić information content (AvgIpc) is 2.51. The van der Waals surface area contributed by atoms with E-state index in [1.165, 1.54) is 6.07 Å². The van der Waals surface area contributed by atoms with Gasteiger partial charge in [0.15, 0.2) is 0 Å². The fourth-order valence-electron chi connectivity index (χ4n) is 2.42. The number of aromatic nitrogens is 1. The van der Waals surface area contributed by atoms with E-state index < -0.39 is 11.9 Å². The van der Waals surface area contributed by atoms with E-state index in [-0.39, 0.29) is 11.4 Å². The molecule has 0 saturated carbocycles. The predicted octanol–water partition coefficient (Wildman–Crippen LogP) is 4.30. The highest BCUT2D eigenvalue weighted by molar-refractivity contribution is 6.31. The Balaban J connectivity index is 1.97. The lowest BCUT2D eigenvalue weighted by Crippen LogP contribution is -2.04. The summed E-state index contributed by atoms with van der Waals surface area (Å²) in [5.41, 5.74) is 2.05. The van der Waals surface area contributed by atoms with E-state index >= 15 is 0 Å². The standard InChI is InChI=1S/C17H13ClFNO/c18-16-12(5-2-8-14(16)19)10-15(21)13-7-1-4-11-6-3-9-20-17(11)13/h1-9,15,21H,10H2. The number of fused-ring (bicyclic) bond motifs is 1. The number of hydrogen-bond donors (Lipinski definition) is 1. The van der Waals surface area contributed by atoms with Crippen LogP contribution >= 0.6 is 11.6 Å². The van der Waals surface area contributed by atoms with E-state index in [0.717, 1.165) is 10.9 Å². The molecule has 0 amide bonds. The molecule has 3 rings (SSSR count). The maximum atomic E-state index is 13.5. The van der Waals surface area contributed by atoms with Gasteiger partial charge in [-0.3, -0.25) is 4.98 Å². The Morgan fingerprint density at radius 1 is 1.10 bits per heavy atom. The van der Waals surface area contributed by atoms with Crippen molar-refractivity contribution in [3.05, 3.63) is 76.7 Å². The maximum absolute atomic E-state index is 13.5. The van der Waals surface area contributed by atoms with Gasteiger partial charge in [-0.2, -0.15) is 0 Å². The molecule has 0 aliphatic heterocycles. The van der Waals surface area contributed by atoms with Gasteiger partial charge in [0.05, 0.1) is 16.6 Å². The number of aliphatic hydroxyl groups excluding tert-OH is 1. The van der Waals surface area contributed by atoms with Crippen LogP contribution in [-0.4, -0.2) is 10.1 Å². The van der Waals surface area contributed by atoms with Crippen molar-refractivity contribution in [3.63, 3.8) is 0 Å². The first kappa shape index (κ1) is 14.0. The van der Waals surface area contributed by atoms with Gasteiger partial charge in [-0.15, -0.1) is 0 Å². The number of para-hydroxylation sites is 1. The Morgan fingerprint density at radius 3 is 2.71 bits per heavy atom. The third kappa shape index (κ3) is 2.75. The van der Waals surface area contributed by atoms with Crippen LogP contribution in [0.25, 0.3) is 10.9 Å². The fourth-order valence-corrected chi connectivity index (χ4v) is 2.62. The van der Waals surface area contributed by atoms with Gasteiger partial charge in [0.25, 0.3) is 0 Å². The van der Waals surface area contributed by atoms with Crippen molar-refractivity contribution in [1.82, 2.24) is 4.98 Å². The summed E-state index contributed by atoms with van der Waals surface area (Å²) in [6.07, 6.45) is 1.14. The molecule has 0 aliphatic rings. The molecule has 0 fully saturated rings. The topological polar surface area (TPSA) is 33.1 Å². The van der Waals surface area contributed by atoms with Crippen molar-refractivity contribution < 1.29 is 9.50 Å². The van der Waals surface area contributed by atoms with Crippen LogP contribution in [0.15, 0.2) is 54.7 Å². The molecule has 1 unspecified atom stereocenters. The van der Waals surface area contributed by atoms with Crippen LogP contribution in [0.2, 0.25) is 5.02 Å². The summed E-state index contributed by atoms with van der Waals surface area (Å²) in [5, 5.41) is 11.5. The van der Waals surface area contributed by atoms with Crippen LogP contribution in [0.1, 0.15) is 17.2 Å². The second-order valence-corrected chi connectivity index (χ2v) is 5.23. The van der Waals surface area contributed by atoms with Crippen LogP contribution in [0.3, 0.4) is 0 Å². The summed E-state index contributed by atoms with van der Waals surface area (Å²) in [6.45, 7) is 0. The van der Waals surface area contributed by atoms with Gasteiger partial charge in [0.1, 0.15) is 5.82 Å². The third-order valence-electron chi connectivity index (χ3n) is 3.47. The van der Waals surface area contributed by atoms with Crippen molar-refractivity contribution in [1.29, 1.82) is 0 Å². The van der Waals surface area contributed by atoms with Crippen molar-refractivity contribution in [2.24, 2.45) is 0 Å². The summed E-state index contributed by atoms with van der Waals surface area (Å²) < 4.78 is 13.5. The molecule has 1 heterocycles. The smallest absolute Gasteiger partial charge is 0.142 e. The number of hydrogen-bond acceptors (Lipinski definition) is 2. The molecule has 1 aromatic heterocycles. The molecule has 2 nitrogen and oxygen atoms in total. The Bertz CT molecular complexity index is 785. The first-order valence-corrected chi connectivity index (χ1v) is 6.99. The largest absolute Gasteiger partial charge is 0.388 e. The van der Waals surface area contributed by atoms with Crippen molar-refractivity contribution in [2.45, 2.75) is 12.5 Å². The molecule has 0 spiro atoms. The third-order valence-corrected chi connectivity index (χ3v) is 3.89. The molecule has 21 heavy (non-hydrogen) atoms. The lowest BCUT2D eigenvalue weighted by Gasteiger charge is -2.14. The summed E-state index contributed by atoms with van der Waals surface area (Å²) in [7, 11) is 0. The molecule has 0 saturated heterocycles. The van der Waals surface area contributed by atoms with Crippen molar-refractivity contribution in [2.75, 3.05) is 0 Å². The van der Waals surface area contributed by atoms with Crippen LogP contribution in [-0.2, 0) is 6.42 Å². The predicted molar refractivity (Wildman–Crippen MR) is 81.8 cm³/mol. The highest BCUT2D eigenvalue weighted by atomic mass is 35.5. The number of pyridine rings is 1. The van der Waals surface area contributed by atoms with E-state index in [4.69, 9.17) is 11.6 Å². The lowest BCUT2D eigenvalue weighted by atomic mass is 9.99. The first-order valence-electron chi connectivity index (χ1n) is 6.61. The van der Waals surface area contributed by atoms with E-state index in [9.17, 15) is 9.50 Å². The highest BCUT2D eigenvalue weighted by Gasteiger charge is 2.15. The van der Waals surface area contributed by atoms with Gasteiger partial charge in [-0.1, -0.05) is 48.0 Å². The van der Waals surface area contributed by atoms with Crippen LogP contribution in [0, 0.1) is 5.82 Å². The Kier molecular flexibility index (Phi) is 3.86. The number of rotatable bonds is 3. The molecule has 3 aromatic rings. The Labute approximate surface area is 126 Å². The average molecular weight is 302 g/mol. The SMILES string of the molecule is OC(Cc1cccc(F)c1Cl)c1cccc2cccnc12. The van der Waals surface area contributed by atoms with E-state index in [1.807, 2.05) is 30.3 Å². The van der Waals surface area contributed by atoms with Crippen LogP contribution < -0.4 is 0 Å². The molecule has 2 aromatic carbocycles. The van der Waals surface area contributed by atoms with Gasteiger partial charge in [0.2, 0.25) is 0 Å². The zero-order valence-electron chi connectivity index (χ0n) is 11.1. The van der Waals surface area contributed by atoms with E-state index in [1.54, 1.807) is 18.3 Å². The summed E-state index contributed by atoms with van der Waals surface area (Å²) >= 11 is 5.94. The van der Waals surface area contributed by atoms with Gasteiger partial charge in [-0.05, 0) is 17.7 Å². The first-order chi connectivity index (χ1) is 10.2. The molecule has 0 radical (unpaired) electrons. The van der Waals surface area contributed by atoms with E-state index in [0.29, 0.717) is 11.1 Å². The normalized spacial score (nSPS) is 12.5. The second kappa shape index (κ2) is 5.80. The maximum Gasteiger partial charge on any atom is 0.142 e. The van der Waals surface area contributed by atoms with Gasteiger partial charge in [0, 0.05) is 23.6 Å². The molecule has 0 aliphatic carbocycles. The van der Waals surface area contributed by atoms with Gasteiger partial charge < -0.3 is 5.11 Å². The molecule has 1 atom stereocenters. The summed E-state index contributed by atoms with van der Waals surface area (Å²) in [4.78, 5) is 4.32. The fraction of sp³-hybridized carbons (Fsp3) is 0.118. The molecule has 0 bridgehead atoms. The minimum atomic E-state index is -0.789. The van der Waals surface area contributed by atoms with Gasteiger partial charge in [-0.25, -0.2) is 4.39 Å². The number of aliphatic hydroxyl groups is 1. The van der Waals surface area contributed by atoms with Crippen LogP contribution in [0.4, 0.5) is 4.39 Å². The second-order valence-electron chi connectivity index (χ2n) is 4.86. The zero-order chi connectivity index (χ0) is 14.8. The minimum Gasteiger partial charge on any atom is -0.388 e. The number of benzene rings is 2. The Morgan fingerprint density at radius 2 is 1.86 bits per heavy atom. The van der Waals surface area contributed by atoms with Gasteiger partial charge >= 0.3 is 0 Å². The minimum absolute atomic E-state index is 0.0599. The van der Waals surface area contributed by atoms with Crippen LogP contribution in [0.5, 0.6) is 0 Å². The quantitative estimate of drug-likeness (QED) is 0.782.